The van der Waals surface area contributed by atoms with E-state index in [1.807, 2.05) is 0 Å². The second kappa shape index (κ2) is 6.65. The van der Waals surface area contributed by atoms with Crippen molar-refractivity contribution in [1.82, 2.24) is 0 Å². The van der Waals surface area contributed by atoms with Gasteiger partial charge in [0.1, 0.15) is 6.29 Å². The fraction of sp³-hybridized carbons (Fsp3) is 0.381. The van der Waals surface area contributed by atoms with Crippen molar-refractivity contribution in [3.63, 3.8) is 0 Å². The largest absolute Gasteiger partial charge is 0.404 e. The third-order valence-electron chi connectivity index (χ3n) is 5.08. The molecule has 0 N–H and O–H groups in total. The highest BCUT2D eigenvalue weighted by atomic mass is 28.4. The number of carbonyl (C=O) groups is 1. The molecule has 2 aromatic carbocycles. The fourth-order valence-electron chi connectivity index (χ4n) is 3.75. The van der Waals surface area contributed by atoms with E-state index in [9.17, 15) is 4.79 Å². The zero-order valence-electron chi connectivity index (χ0n) is 14.7. The SMILES string of the molecule is CC(C)(C)[Si](O[C@H]1C[C@H](C=O)C1)(c1ccccc1)c1ccccc1. The van der Waals surface area contributed by atoms with Gasteiger partial charge in [0.25, 0.3) is 8.32 Å². The van der Waals surface area contributed by atoms with Gasteiger partial charge in [-0.1, -0.05) is 81.4 Å². The molecule has 0 spiro atoms. The van der Waals surface area contributed by atoms with Gasteiger partial charge in [0.15, 0.2) is 0 Å². The number of hydrogen-bond acceptors (Lipinski definition) is 2. The van der Waals surface area contributed by atoms with Crippen LogP contribution < -0.4 is 10.4 Å². The third kappa shape index (κ3) is 2.98. The summed E-state index contributed by atoms with van der Waals surface area (Å²) < 4.78 is 6.92. The van der Waals surface area contributed by atoms with Gasteiger partial charge in [-0.2, -0.15) is 0 Å². The lowest BCUT2D eigenvalue weighted by Crippen LogP contribution is -2.68. The molecule has 0 unspecified atom stereocenters. The normalized spacial score (nSPS) is 21.1. The molecular formula is C21H26O2Si. The molecule has 126 valence electrons. The van der Waals surface area contributed by atoms with Gasteiger partial charge in [0, 0.05) is 12.0 Å². The van der Waals surface area contributed by atoms with Crippen LogP contribution in [0.1, 0.15) is 33.6 Å². The number of rotatable bonds is 5. The predicted octanol–water partition coefficient (Wildman–Crippen LogP) is 3.54. The van der Waals surface area contributed by atoms with Crippen molar-refractivity contribution in [3.05, 3.63) is 60.7 Å². The number of benzene rings is 2. The summed E-state index contributed by atoms with van der Waals surface area (Å²) in [6.07, 6.45) is 2.97. The minimum absolute atomic E-state index is 0.00196. The maximum atomic E-state index is 11.0. The molecule has 24 heavy (non-hydrogen) atoms. The maximum absolute atomic E-state index is 11.0. The lowest BCUT2D eigenvalue weighted by atomic mass is 9.84. The molecule has 1 saturated carbocycles. The minimum Gasteiger partial charge on any atom is -0.404 e. The topological polar surface area (TPSA) is 26.3 Å². The van der Waals surface area contributed by atoms with Crippen LogP contribution in [-0.2, 0) is 9.22 Å². The van der Waals surface area contributed by atoms with Crippen molar-refractivity contribution < 1.29 is 9.22 Å². The Morgan fingerprint density at radius 2 is 1.38 bits per heavy atom. The molecule has 0 aromatic heterocycles. The molecule has 0 radical (unpaired) electrons. The van der Waals surface area contributed by atoms with Crippen LogP contribution in [-0.4, -0.2) is 20.7 Å². The maximum Gasteiger partial charge on any atom is 0.261 e. The summed E-state index contributed by atoms with van der Waals surface area (Å²) in [5.74, 6) is 0.174. The van der Waals surface area contributed by atoms with Crippen LogP contribution in [0.3, 0.4) is 0 Å². The van der Waals surface area contributed by atoms with E-state index in [0.29, 0.717) is 0 Å². The zero-order valence-corrected chi connectivity index (χ0v) is 15.7. The van der Waals surface area contributed by atoms with E-state index in [2.05, 4.69) is 81.4 Å². The van der Waals surface area contributed by atoms with E-state index in [4.69, 9.17) is 4.43 Å². The lowest BCUT2D eigenvalue weighted by molar-refractivity contribution is -0.116. The van der Waals surface area contributed by atoms with Crippen LogP contribution in [0.25, 0.3) is 0 Å². The number of carbonyl (C=O) groups excluding carboxylic acids is 1. The highest BCUT2D eigenvalue weighted by Gasteiger charge is 2.52. The Morgan fingerprint density at radius 1 is 0.917 bits per heavy atom. The Bertz CT molecular complexity index is 630. The highest BCUT2D eigenvalue weighted by molar-refractivity contribution is 6.99. The van der Waals surface area contributed by atoms with Crippen LogP contribution in [0.2, 0.25) is 5.04 Å². The molecule has 0 atom stereocenters. The minimum atomic E-state index is -2.44. The van der Waals surface area contributed by atoms with Crippen molar-refractivity contribution in [2.75, 3.05) is 0 Å². The van der Waals surface area contributed by atoms with Crippen molar-refractivity contribution in [2.45, 2.75) is 44.8 Å². The van der Waals surface area contributed by atoms with Crippen LogP contribution >= 0.6 is 0 Å². The first-order valence-corrected chi connectivity index (χ1v) is 10.6. The van der Waals surface area contributed by atoms with E-state index >= 15 is 0 Å². The Hall–Kier alpha value is -1.71. The fourth-order valence-corrected chi connectivity index (χ4v) is 8.46. The Morgan fingerprint density at radius 3 is 1.75 bits per heavy atom. The molecule has 0 heterocycles. The lowest BCUT2D eigenvalue weighted by Gasteiger charge is -2.48. The molecule has 2 aromatic rings. The summed E-state index contributed by atoms with van der Waals surface area (Å²) in [7, 11) is -2.44. The van der Waals surface area contributed by atoms with Crippen LogP contribution in [0.5, 0.6) is 0 Å². The average molecular weight is 339 g/mol. The van der Waals surface area contributed by atoms with E-state index in [1.54, 1.807) is 0 Å². The van der Waals surface area contributed by atoms with E-state index in [1.165, 1.54) is 10.4 Å². The summed E-state index contributed by atoms with van der Waals surface area (Å²) in [6, 6.07) is 21.4. The quantitative estimate of drug-likeness (QED) is 0.616. The first-order chi connectivity index (χ1) is 11.5. The van der Waals surface area contributed by atoms with E-state index < -0.39 is 8.32 Å². The Labute approximate surface area is 146 Å². The average Bonchev–Trinajstić information content (AvgIpc) is 2.54. The molecule has 0 aliphatic heterocycles. The second-order valence-electron chi connectivity index (χ2n) is 7.77. The van der Waals surface area contributed by atoms with Gasteiger partial charge in [0.2, 0.25) is 0 Å². The molecule has 0 amide bonds. The van der Waals surface area contributed by atoms with Crippen molar-refractivity contribution in [2.24, 2.45) is 5.92 Å². The van der Waals surface area contributed by atoms with Gasteiger partial charge in [-0.3, -0.25) is 0 Å². The monoisotopic (exact) mass is 338 g/mol. The molecule has 1 aliphatic carbocycles. The van der Waals surface area contributed by atoms with Gasteiger partial charge in [-0.25, -0.2) is 0 Å². The van der Waals surface area contributed by atoms with Crippen LogP contribution in [0.4, 0.5) is 0 Å². The summed E-state index contributed by atoms with van der Waals surface area (Å²) in [5, 5.41) is 2.61. The predicted molar refractivity (Wildman–Crippen MR) is 101 cm³/mol. The van der Waals surface area contributed by atoms with Gasteiger partial charge in [-0.15, -0.1) is 0 Å². The highest BCUT2D eigenvalue weighted by Crippen LogP contribution is 2.41. The van der Waals surface area contributed by atoms with Crippen LogP contribution in [0.15, 0.2) is 60.7 Å². The van der Waals surface area contributed by atoms with Crippen molar-refractivity contribution in [3.8, 4) is 0 Å². The zero-order chi connectivity index (χ0) is 17.2. The second-order valence-corrected chi connectivity index (χ2v) is 12.0. The van der Waals surface area contributed by atoms with Gasteiger partial charge < -0.3 is 9.22 Å². The summed E-state index contributed by atoms with van der Waals surface area (Å²) in [6.45, 7) is 6.86. The van der Waals surface area contributed by atoms with Gasteiger partial charge in [0.05, 0.1) is 0 Å². The molecule has 0 saturated heterocycles. The van der Waals surface area contributed by atoms with Crippen LogP contribution in [0, 0.1) is 5.92 Å². The van der Waals surface area contributed by atoms with Crippen molar-refractivity contribution in [1.29, 1.82) is 0 Å². The molecule has 3 rings (SSSR count). The summed E-state index contributed by atoms with van der Waals surface area (Å²) in [4.78, 5) is 11.0. The Balaban J connectivity index is 2.09. The number of aldehydes is 1. The summed E-state index contributed by atoms with van der Waals surface area (Å²) in [5.41, 5.74) is 0. The first-order valence-electron chi connectivity index (χ1n) is 8.71. The van der Waals surface area contributed by atoms with Gasteiger partial charge >= 0.3 is 0 Å². The summed E-state index contributed by atoms with van der Waals surface area (Å²) >= 11 is 0. The molecule has 2 nitrogen and oxygen atoms in total. The molecule has 1 fully saturated rings. The van der Waals surface area contributed by atoms with Gasteiger partial charge in [-0.05, 0) is 28.3 Å². The molecule has 3 heteroatoms. The smallest absolute Gasteiger partial charge is 0.261 e. The van der Waals surface area contributed by atoms with Crippen molar-refractivity contribution >= 4 is 25.0 Å². The number of hydrogen-bond donors (Lipinski definition) is 0. The third-order valence-corrected chi connectivity index (χ3v) is 10.2. The Kier molecular flexibility index (Phi) is 4.75. The van der Waals surface area contributed by atoms with E-state index in [0.717, 1.165) is 19.1 Å². The molecule has 0 bridgehead atoms. The molecular weight excluding hydrogens is 312 g/mol. The molecule has 1 aliphatic rings. The standard InChI is InChI=1S/C21H26O2Si/c1-21(2,3)24(19-10-6-4-7-11-19,20-12-8-5-9-13-20)23-18-14-17(15-18)16-22/h4-13,16-18H,14-15H2,1-3H3/t17-,18-. The van der Waals surface area contributed by atoms with E-state index in [-0.39, 0.29) is 17.1 Å². The first kappa shape index (κ1) is 17.1.